The van der Waals surface area contributed by atoms with Gasteiger partial charge in [-0.25, -0.2) is 4.98 Å². The molecular formula is C17H28N2S. The molecule has 0 atom stereocenters. The molecule has 1 spiro atoms. The van der Waals surface area contributed by atoms with Crippen LogP contribution in [0, 0.1) is 12.3 Å². The van der Waals surface area contributed by atoms with Crippen molar-refractivity contribution in [1.29, 1.82) is 0 Å². The Hall–Kier alpha value is -0.410. The van der Waals surface area contributed by atoms with Crippen molar-refractivity contribution in [2.45, 2.75) is 77.2 Å². The highest BCUT2D eigenvalue weighted by Crippen LogP contribution is 2.53. The van der Waals surface area contributed by atoms with Gasteiger partial charge in [0, 0.05) is 4.88 Å². The number of aromatic nitrogens is 1. The van der Waals surface area contributed by atoms with Crippen molar-refractivity contribution >= 4 is 11.3 Å². The number of rotatable bonds is 3. The number of hydrogen-bond acceptors (Lipinski definition) is 3. The van der Waals surface area contributed by atoms with Crippen LogP contribution in [0.3, 0.4) is 0 Å². The van der Waals surface area contributed by atoms with Crippen molar-refractivity contribution in [3.8, 4) is 0 Å². The minimum atomic E-state index is 0.163. The van der Waals surface area contributed by atoms with Crippen LogP contribution in [0.2, 0.25) is 0 Å². The molecule has 0 aromatic carbocycles. The van der Waals surface area contributed by atoms with E-state index < -0.39 is 0 Å². The topological polar surface area (TPSA) is 24.9 Å². The lowest BCUT2D eigenvalue weighted by Crippen LogP contribution is -2.45. The SMILES string of the molecule is CCc1nc(C2(NC)CCC3(CCCC3)CC2)sc1C. The molecule has 112 valence electrons. The minimum absolute atomic E-state index is 0.163. The van der Waals surface area contributed by atoms with Gasteiger partial charge in [0.05, 0.1) is 11.2 Å². The second-order valence-electron chi connectivity index (χ2n) is 6.91. The van der Waals surface area contributed by atoms with Crippen molar-refractivity contribution in [3.63, 3.8) is 0 Å². The van der Waals surface area contributed by atoms with Gasteiger partial charge in [-0.2, -0.15) is 0 Å². The van der Waals surface area contributed by atoms with Gasteiger partial charge in [0.1, 0.15) is 5.01 Å². The van der Waals surface area contributed by atoms with Crippen molar-refractivity contribution in [2.75, 3.05) is 7.05 Å². The van der Waals surface area contributed by atoms with E-state index >= 15 is 0 Å². The first-order chi connectivity index (χ1) is 9.63. The molecule has 2 saturated carbocycles. The zero-order chi connectivity index (χ0) is 14.2. The monoisotopic (exact) mass is 292 g/mol. The van der Waals surface area contributed by atoms with E-state index in [-0.39, 0.29) is 5.54 Å². The first kappa shape index (κ1) is 14.5. The fourth-order valence-corrected chi connectivity index (χ4v) is 5.62. The summed E-state index contributed by atoms with van der Waals surface area (Å²) in [5, 5.41) is 5.00. The number of nitrogens with one attached hydrogen (secondary N) is 1. The fourth-order valence-electron chi connectivity index (χ4n) is 4.36. The lowest BCUT2D eigenvalue weighted by molar-refractivity contribution is 0.114. The zero-order valence-electron chi connectivity index (χ0n) is 13.2. The van der Waals surface area contributed by atoms with Gasteiger partial charge in [-0.3, -0.25) is 0 Å². The van der Waals surface area contributed by atoms with Gasteiger partial charge in [-0.1, -0.05) is 19.8 Å². The molecule has 2 aliphatic rings. The Labute approximate surface area is 127 Å². The number of aryl methyl sites for hydroxylation is 2. The molecule has 1 heterocycles. The standard InChI is InChI=1S/C17H28N2S/c1-4-14-13(2)20-15(19-14)17(18-3)11-9-16(10-12-17)7-5-6-8-16/h18H,4-12H2,1-3H3. The van der Waals surface area contributed by atoms with Crippen LogP contribution in [0.5, 0.6) is 0 Å². The summed E-state index contributed by atoms with van der Waals surface area (Å²) < 4.78 is 0. The average molecular weight is 292 g/mol. The summed E-state index contributed by atoms with van der Waals surface area (Å²) in [7, 11) is 2.13. The van der Waals surface area contributed by atoms with E-state index in [1.807, 2.05) is 11.3 Å². The Morgan fingerprint density at radius 2 is 1.75 bits per heavy atom. The molecule has 2 fully saturated rings. The van der Waals surface area contributed by atoms with Gasteiger partial charge in [-0.05, 0) is 64.3 Å². The van der Waals surface area contributed by atoms with E-state index in [1.54, 1.807) is 0 Å². The molecule has 0 unspecified atom stereocenters. The van der Waals surface area contributed by atoms with Crippen molar-refractivity contribution in [3.05, 3.63) is 15.6 Å². The Balaban J connectivity index is 1.82. The molecule has 0 bridgehead atoms. The summed E-state index contributed by atoms with van der Waals surface area (Å²) in [6.45, 7) is 4.44. The van der Waals surface area contributed by atoms with Crippen LogP contribution >= 0.6 is 11.3 Å². The maximum Gasteiger partial charge on any atom is 0.113 e. The molecule has 0 amide bonds. The third-order valence-electron chi connectivity index (χ3n) is 5.94. The van der Waals surface area contributed by atoms with Crippen LogP contribution in [0.25, 0.3) is 0 Å². The van der Waals surface area contributed by atoms with Crippen LogP contribution in [0.1, 0.15) is 73.9 Å². The molecule has 3 rings (SSSR count). The van der Waals surface area contributed by atoms with Crippen molar-refractivity contribution in [1.82, 2.24) is 10.3 Å². The molecule has 0 radical (unpaired) electrons. The Morgan fingerprint density at radius 1 is 1.10 bits per heavy atom. The van der Waals surface area contributed by atoms with E-state index in [0.717, 1.165) is 6.42 Å². The second kappa shape index (κ2) is 5.42. The lowest BCUT2D eigenvalue weighted by atomic mass is 9.66. The second-order valence-corrected chi connectivity index (χ2v) is 8.12. The molecule has 2 nitrogen and oxygen atoms in total. The first-order valence-electron chi connectivity index (χ1n) is 8.29. The van der Waals surface area contributed by atoms with E-state index in [0.29, 0.717) is 5.41 Å². The maximum absolute atomic E-state index is 4.97. The van der Waals surface area contributed by atoms with Gasteiger partial charge in [-0.15, -0.1) is 11.3 Å². The molecule has 1 aromatic rings. The van der Waals surface area contributed by atoms with Crippen LogP contribution in [-0.4, -0.2) is 12.0 Å². The Morgan fingerprint density at radius 3 is 2.25 bits per heavy atom. The predicted molar refractivity (Wildman–Crippen MR) is 86.3 cm³/mol. The summed E-state index contributed by atoms with van der Waals surface area (Å²) in [4.78, 5) is 6.38. The highest BCUT2D eigenvalue weighted by molar-refractivity contribution is 7.11. The normalized spacial score (nSPS) is 24.4. The van der Waals surface area contributed by atoms with Gasteiger partial charge in [0.15, 0.2) is 0 Å². The third-order valence-corrected chi connectivity index (χ3v) is 7.16. The number of hydrogen-bond donors (Lipinski definition) is 1. The van der Waals surface area contributed by atoms with Crippen molar-refractivity contribution in [2.24, 2.45) is 5.41 Å². The summed E-state index contributed by atoms with van der Waals surface area (Å²) in [5.41, 5.74) is 2.16. The molecular weight excluding hydrogens is 264 g/mol. The summed E-state index contributed by atoms with van der Waals surface area (Å²) in [6.07, 6.45) is 12.3. The van der Waals surface area contributed by atoms with Crippen LogP contribution in [0.4, 0.5) is 0 Å². The van der Waals surface area contributed by atoms with Gasteiger partial charge in [0.2, 0.25) is 0 Å². The average Bonchev–Trinajstić information content (AvgIpc) is 3.08. The predicted octanol–water partition coefficient (Wildman–Crippen LogP) is 4.56. The molecule has 0 aliphatic heterocycles. The third kappa shape index (κ3) is 2.33. The summed E-state index contributed by atoms with van der Waals surface area (Å²) in [5.74, 6) is 0. The van der Waals surface area contributed by atoms with Gasteiger partial charge < -0.3 is 5.32 Å². The molecule has 2 aliphatic carbocycles. The highest BCUT2D eigenvalue weighted by Gasteiger charge is 2.45. The quantitative estimate of drug-likeness (QED) is 0.883. The highest BCUT2D eigenvalue weighted by atomic mass is 32.1. The molecule has 1 aromatic heterocycles. The van der Waals surface area contributed by atoms with Crippen LogP contribution in [0.15, 0.2) is 0 Å². The molecule has 0 saturated heterocycles. The summed E-state index contributed by atoms with van der Waals surface area (Å²) >= 11 is 1.93. The number of nitrogens with zero attached hydrogens (tertiary/aromatic N) is 1. The molecule has 3 heteroatoms. The maximum atomic E-state index is 4.97. The van der Waals surface area contributed by atoms with E-state index in [1.165, 1.54) is 66.9 Å². The molecule has 1 N–H and O–H groups in total. The van der Waals surface area contributed by atoms with E-state index in [4.69, 9.17) is 4.98 Å². The minimum Gasteiger partial charge on any atom is -0.308 e. The Kier molecular flexibility index (Phi) is 3.93. The summed E-state index contributed by atoms with van der Waals surface area (Å²) in [6, 6.07) is 0. The molecule has 20 heavy (non-hydrogen) atoms. The number of thiazole rings is 1. The lowest BCUT2D eigenvalue weighted by Gasteiger charge is -2.44. The van der Waals surface area contributed by atoms with Crippen LogP contribution in [-0.2, 0) is 12.0 Å². The van der Waals surface area contributed by atoms with E-state index in [9.17, 15) is 0 Å². The zero-order valence-corrected chi connectivity index (χ0v) is 14.0. The fraction of sp³-hybridized carbons (Fsp3) is 0.824. The van der Waals surface area contributed by atoms with E-state index in [2.05, 4.69) is 26.2 Å². The Bertz CT molecular complexity index is 461. The largest absolute Gasteiger partial charge is 0.308 e. The van der Waals surface area contributed by atoms with Gasteiger partial charge >= 0.3 is 0 Å². The smallest absolute Gasteiger partial charge is 0.113 e. The first-order valence-corrected chi connectivity index (χ1v) is 9.10. The van der Waals surface area contributed by atoms with Gasteiger partial charge in [0.25, 0.3) is 0 Å². The van der Waals surface area contributed by atoms with Crippen LogP contribution < -0.4 is 5.32 Å². The van der Waals surface area contributed by atoms with Crippen molar-refractivity contribution < 1.29 is 0 Å².